The van der Waals surface area contributed by atoms with Gasteiger partial charge in [-0.15, -0.1) is 0 Å². The molecule has 110 valence electrons. The van der Waals surface area contributed by atoms with Crippen molar-refractivity contribution in [3.05, 3.63) is 24.2 Å². The summed E-state index contributed by atoms with van der Waals surface area (Å²) in [4.78, 5) is 2.19. The number of H-pyrrole nitrogens is 1. The fraction of sp³-hybridized carbons (Fsp3) is 0.571. The molecular formula is C14H24N6. The molecule has 0 spiro atoms. The number of nitrogens with zero attached hydrogens (tertiary/aromatic N) is 4. The van der Waals surface area contributed by atoms with E-state index < -0.39 is 0 Å². The zero-order valence-electron chi connectivity index (χ0n) is 12.5. The SMILES string of the molecule is CC(C)Cn1cc(-c2[nH]ncc2CN(C)CCN)cn1. The third-order valence-corrected chi connectivity index (χ3v) is 3.14. The summed E-state index contributed by atoms with van der Waals surface area (Å²) >= 11 is 0. The Morgan fingerprint density at radius 3 is 2.90 bits per heavy atom. The summed E-state index contributed by atoms with van der Waals surface area (Å²) in [5.74, 6) is 0.583. The van der Waals surface area contributed by atoms with E-state index >= 15 is 0 Å². The first kappa shape index (κ1) is 14.7. The number of hydrogen-bond donors (Lipinski definition) is 2. The zero-order chi connectivity index (χ0) is 14.5. The highest BCUT2D eigenvalue weighted by Crippen LogP contribution is 2.21. The van der Waals surface area contributed by atoms with Crippen LogP contribution in [0, 0.1) is 5.92 Å². The van der Waals surface area contributed by atoms with Gasteiger partial charge in [-0.2, -0.15) is 10.2 Å². The Morgan fingerprint density at radius 1 is 1.40 bits per heavy atom. The molecular weight excluding hydrogens is 252 g/mol. The van der Waals surface area contributed by atoms with Gasteiger partial charge in [-0.05, 0) is 13.0 Å². The Labute approximate surface area is 120 Å². The van der Waals surface area contributed by atoms with Gasteiger partial charge >= 0.3 is 0 Å². The lowest BCUT2D eigenvalue weighted by molar-refractivity contribution is 0.337. The molecule has 2 heterocycles. The number of rotatable bonds is 7. The quantitative estimate of drug-likeness (QED) is 0.799. The molecule has 6 nitrogen and oxygen atoms in total. The molecule has 0 radical (unpaired) electrons. The zero-order valence-corrected chi connectivity index (χ0v) is 12.5. The number of aromatic amines is 1. The van der Waals surface area contributed by atoms with Gasteiger partial charge in [0.2, 0.25) is 0 Å². The summed E-state index contributed by atoms with van der Waals surface area (Å²) in [6.45, 7) is 7.66. The third-order valence-electron chi connectivity index (χ3n) is 3.14. The van der Waals surface area contributed by atoms with Crippen LogP contribution in [-0.2, 0) is 13.1 Å². The molecule has 0 aliphatic carbocycles. The van der Waals surface area contributed by atoms with Crippen molar-refractivity contribution >= 4 is 0 Å². The van der Waals surface area contributed by atoms with Gasteiger partial charge in [0, 0.05) is 43.5 Å². The Bertz CT molecular complexity index is 527. The van der Waals surface area contributed by atoms with Crippen molar-refractivity contribution in [2.24, 2.45) is 11.7 Å². The summed E-state index contributed by atoms with van der Waals surface area (Å²) in [6.07, 6.45) is 5.84. The van der Waals surface area contributed by atoms with Gasteiger partial charge in [0.15, 0.2) is 0 Å². The Kier molecular flexibility index (Phi) is 4.92. The van der Waals surface area contributed by atoms with E-state index in [9.17, 15) is 0 Å². The molecule has 0 saturated heterocycles. The second kappa shape index (κ2) is 6.67. The molecule has 0 aliphatic heterocycles. The van der Waals surface area contributed by atoms with Gasteiger partial charge in [0.05, 0.1) is 18.1 Å². The lowest BCUT2D eigenvalue weighted by Crippen LogP contribution is -2.25. The largest absolute Gasteiger partial charge is 0.329 e. The smallest absolute Gasteiger partial charge is 0.0726 e. The van der Waals surface area contributed by atoms with Crippen molar-refractivity contribution in [2.45, 2.75) is 26.9 Å². The fourth-order valence-corrected chi connectivity index (χ4v) is 2.24. The summed E-state index contributed by atoms with van der Waals surface area (Å²) in [7, 11) is 2.06. The molecule has 0 unspecified atom stereocenters. The van der Waals surface area contributed by atoms with Gasteiger partial charge < -0.3 is 10.6 Å². The van der Waals surface area contributed by atoms with Crippen LogP contribution in [0.1, 0.15) is 19.4 Å². The van der Waals surface area contributed by atoms with Crippen LogP contribution >= 0.6 is 0 Å². The number of likely N-dealkylation sites (N-methyl/N-ethyl adjacent to an activating group) is 1. The van der Waals surface area contributed by atoms with Crippen molar-refractivity contribution in [3.8, 4) is 11.3 Å². The van der Waals surface area contributed by atoms with Crippen LogP contribution in [-0.4, -0.2) is 45.0 Å². The van der Waals surface area contributed by atoms with Gasteiger partial charge in [0.25, 0.3) is 0 Å². The van der Waals surface area contributed by atoms with Gasteiger partial charge in [-0.25, -0.2) is 0 Å². The van der Waals surface area contributed by atoms with Crippen LogP contribution in [0.4, 0.5) is 0 Å². The van der Waals surface area contributed by atoms with Crippen molar-refractivity contribution < 1.29 is 0 Å². The van der Waals surface area contributed by atoms with Crippen LogP contribution in [0.15, 0.2) is 18.6 Å². The van der Waals surface area contributed by atoms with E-state index in [1.54, 1.807) is 0 Å². The lowest BCUT2D eigenvalue weighted by Gasteiger charge is -2.14. The first-order chi connectivity index (χ1) is 9.60. The third kappa shape index (κ3) is 3.68. The van der Waals surface area contributed by atoms with Crippen LogP contribution in [0.3, 0.4) is 0 Å². The maximum absolute atomic E-state index is 5.58. The molecule has 0 aromatic carbocycles. The Morgan fingerprint density at radius 2 is 2.20 bits per heavy atom. The van der Waals surface area contributed by atoms with Crippen LogP contribution in [0.5, 0.6) is 0 Å². The summed E-state index contributed by atoms with van der Waals surface area (Å²) in [5, 5.41) is 11.6. The van der Waals surface area contributed by atoms with Gasteiger partial charge in [-0.3, -0.25) is 9.78 Å². The molecule has 20 heavy (non-hydrogen) atoms. The fourth-order valence-electron chi connectivity index (χ4n) is 2.24. The minimum absolute atomic E-state index is 0.583. The van der Waals surface area contributed by atoms with E-state index in [0.717, 1.165) is 30.9 Å². The Balaban J connectivity index is 2.13. The average Bonchev–Trinajstić information content (AvgIpc) is 2.97. The molecule has 2 aromatic rings. The monoisotopic (exact) mass is 276 g/mol. The average molecular weight is 276 g/mol. The first-order valence-electron chi connectivity index (χ1n) is 7.03. The van der Waals surface area contributed by atoms with Crippen molar-refractivity contribution in [1.82, 2.24) is 24.9 Å². The topological polar surface area (TPSA) is 75.8 Å². The second-order valence-corrected chi connectivity index (χ2v) is 5.64. The Hall–Kier alpha value is -1.66. The number of aromatic nitrogens is 4. The minimum Gasteiger partial charge on any atom is -0.329 e. The summed E-state index contributed by atoms with van der Waals surface area (Å²) < 4.78 is 1.98. The second-order valence-electron chi connectivity index (χ2n) is 5.64. The molecule has 0 aliphatic rings. The van der Waals surface area contributed by atoms with E-state index in [4.69, 9.17) is 5.73 Å². The highest BCUT2D eigenvalue weighted by Gasteiger charge is 2.12. The first-order valence-corrected chi connectivity index (χ1v) is 7.03. The van der Waals surface area contributed by atoms with E-state index in [1.165, 1.54) is 5.56 Å². The number of nitrogens with two attached hydrogens (primary N) is 1. The number of nitrogens with one attached hydrogen (secondary N) is 1. The van der Waals surface area contributed by atoms with Crippen molar-refractivity contribution in [1.29, 1.82) is 0 Å². The van der Waals surface area contributed by atoms with Gasteiger partial charge in [-0.1, -0.05) is 13.8 Å². The molecule has 0 bridgehead atoms. The molecule has 2 rings (SSSR count). The highest BCUT2D eigenvalue weighted by atomic mass is 15.3. The molecule has 0 saturated carbocycles. The maximum Gasteiger partial charge on any atom is 0.0726 e. The van der Waals surface area contributed by atoms with E-state index in [2.05, 4.69) is 47.3 Å². The predicted octanol–water partition coefficient (Wildman–Crippen LogP) is 1.32. The molecule has 6 heteroatoms. The molecule has 3 N–H and O–H groups in total. The molecule has 0 amide bonds. The number of hydrogen-bond acceptors (Lipinski definition) is 4. The summed E-state index contributed by atoms with van der Waals surface area (Å²) in [5.41, 5.74) is 8.88. The van der Waals surface area contributed by atoms with E-state index in [0.29, 0.717) is 12.5 Å². The van der Waals surface area contributed by atoms with Crippen molar-refractivity contribution in [3.63, 3.8) is 0 Å². The van der Waals surface area contributed by atoms with Gasteiger partial charge in [0.1, 0.15) is 0 Å². The standard InChI is InChI=1S/C14H24N6/c1-11(2)8-20-10-13(7-17-20)14-12(6-16-18-14)9-19(3)5-4-15/h6-7,10-11H,4-5,8-9,15H2,1-3H3,(H,16,18). The molecule has 2 aromatic heterocycles. The van der Waals surface area contributed by atoms with Crippen LogP contribution in [0.25, 0.3) is 11.3 Å². The van der Waals surface area contributed by atoms with E-state index in [-0.39, 0.29) is 0 Å². The van der Waals surface area contributed by atoms with Crippen LogP contribution < -0.4 is 5.73 Å². The van der Waals surface area contributed by atoms with Crippen LogP contribution in [0.2, 0.25) is 0 Å². The maximum atomic E-state index is 5.58. The molecule has 0 fully saturated rings. The predicted molar refractivity (Wildman–Crippen MR) is 80.0 cm³/mol. The lowest BCUT2D eigenvalue weighted by atomic mass is 10.1. The van der Waals surface area contributed by atoms with E-state index in [1.807, 2.05) is 17.1 Å². The highest BCUT2D eigenvalue weighted by molar-refractivity contribution is 5.60. The normalized spacial score (nSPS) is 11.7. The minimum atomic E-state index is 0.583. The molecule has 0 atom stereocenters. The summed E-state index contributed by atoms with van der Waals surface area (Å²) in [6, 6.07) is 0. The van der Waals surface area contributed by atoms with Crippen molar-refractivity contribution in [2.75, 3.05) is 20.1 Å².